The fraction of sp³-hybridized carbons (Fsp3) is 0.143. The summed E-state index contributed by atoms with van der Waals surface area (Å²) in [6.45, 7) is 11.1. The summed E-state index contributed by atoms with van der Waals surface area (Å²) in [5, 5.41) is 0. The molecule has 0 atom stereocenters. The van der Waals surface area contributed by atoms with E-state index in [2.05, 4.69) is 187 Å². The molecule has 0 N–H and O–H groups in total. The standard InChI is InChI=1S/C49H38BN5O.Pt/c1-48(2,3)32-26-27-51-46(28-32)55-45-30-35(23-25-42(45)54-41-20-12-10-17-37(41)36-16-9-11-19-40(36)50(54)55)56-34-22-24-38-44(29-34)53-31-52(33-14-7-6-8-15-33)43-21-13-18-39(47(43)53)49(38,4)5;/h6-28H,1-5H3;/q-2;. The van der Waals surface area contributed by atoms with E-state index in [9.17, 15) is 0 Å². The van der Waals surface area contributed by atoms with Crippen molar-refractivity contribution in [3.63, 3.8) is 0 Å². The average Bonchev–Trinajstić information content (AvgIpc) is 3.78. The Morgan fingerprint density at radius 1 is 0.684 bits per heavy atom. The second-order valence-electron chi connectivity index (χ2n) is 16.5. The van der Waals surface area contributed by atoms with Gasteiger partial charge in [-0.3, -0.25) is 4.57 Å². The average molecular weight is 919 g/mol. The van der Waals surface area contributed by atoms with Crippen molar-refractivity contribution in [1.82, 2.24) is 9.55 Å². The minimum absolute atomic E-state index is 0. The van der Waals surface area contributed by atoms with E-state index < -0.39 is 0 Å². The first-order valence-electron chi connectivity index (χ1n) is 19.3. The molecule has 0 saturated heterocycles. The molecular weight excluding hydrogens is 880 g/mol. The number of para-hydroxylation sites is 3. The van der Waals surface area contributed by atoms with Gasteiger partial charge in [0.2, 0.25) is 0 Å². The molecule has 8 heteroatoms. The Labute approximate surface area is 348 Å². The maximum atomic E-state index is 6.76. The molecule has 5 heterocycles. The fourth-order valence-electron chi connectivity index (χ4n) is 9.00. The molecule has 11 rings (SSSR count). The molecule has 0 aliphatic carbocycles. The van der Waals surface area contributed by atoms with E-state index in [-0.39, 0.29) is 38.9 Å². The summed E-state index contributed by atoms with van der Waals surface area (Å²) in [4.78, 5) is 9.77. The van der Waals surface area contributed by atoms with E-state index in [0.29, 0.717) is 11.5 Å². The van der Waals surface area contributed by atoms with Crippen molar-refractivity contribution in [2.45, 2.75) is 45.4 Å². The van der Waals surface area contributed by atoms with Crippen LogP contribution in [0.15, 0.2) is 140 Å². The number of aromatic nitrogens is 3. The molecule has 0 amide bonds. The van der Waals surface area contributed by atoms with Crippen LogP contribution < -0.4 is 24.4 Å². The first-order valence-corrected chi connectivity index (χ1v) is 19.3. The van der Waals surface area contributed by atoms with Crippen LogP contribution in [0.25, 0.3) is 33.5 Å². The maximum Gasteiger partial charge on any atom is 0.409 e. The molecule has 0 spiro atoms. The number of hydrogen-bond donors (Lipinski definition) is 0. The van der Waals surface area contributed by atoms with Gasteiger partial charge in [-0.25, -0.2) is 4.98 Å². The second kappa shape index (κ2) is 12.8. The smallest absolute Gasteiger partial charge is 0.409 e. The third-order valence-electron chi connectivity index (χ3n) is 11.8. The quantitative estimate of drug-likeness (QED) is 0.100. The zero-order chi connectivity index (χ0) is 37.9. The second-order valence-corrected chi connectivity index (χ2v) is 16.5. The molecule has 0 radical (unpaired) electrons. The van der Waals surface area contributed by atoms with Gasteiger partial charge in [-0.15, -0.1) is 35.9 Å². The number of anilines is 4. The molecule has 6 nitrogen and oxygen atoms in total. The molecule has 57 heavy (non-hydrogen) atoms. The van der Waals surface area contributed by atoms with Gasteiger partial charge in [0.05, 0.1) is 16.7 Å². The van der Waals surface area contributed by atoms with Gasteiger partial charge in [-0.05, 0) is 69.0 Å². The molecule has 2 aromatic heterocycles. The van der Waals surface area contributed by atoms with E-state index in [1.807, 2.05) is 24.4 Å². The van der Waals surface area contributed by atoms with Gasteiger partial charge in [0.25, 0.3) is 6.33 Å². The first-order chi connectivity index (χ1) is 27.2. The van der Waals surface area contributed by atoms with E-state index in [4.69, 9.17) is 9.72 Å². The Morgan fingerprint density at radius 2 is 1.40 bits per heavy atom. The van der Waals surface area contributed by atoms with Crippen molar-refractivity contribution in [3.8, 4) is 34.0 Å². The molecular formula is C49H38BN5OPt-2. The summed E-state index contributed by atoms with van der Waals surface area (Å²) in [5.74, 6) is 2.09. The van der Waals surface area contributed by atoms with Crippen LogP contribution in [0.5, 0.6) is 11.5 Å². The van der Waals surface area contributed by atoms with E-state index in [0.717, 1.165) is 45.3 Å². The molecule has 6 aromatic carbocycles. The minimum Gasteiger partial charge on any atom is -0.510 e. The Bertz CT molecular complexity index is 2900. The van der Waals surface area contributed by atoms with Crippen molar-refractivity contribution in [2.24, 2.45) is 0 Å². The molecule has 0 fully saturated rings. The molecule has 280 valence electrons. The summed E-state index contributed by atoms with van der Waals surface area (Å²) in [7, 11) is 0. The minimum atomic E-state index is -0.257. The van der Waals surface area contributed by atoms with E-state index in [1.165, 1.54) is 33.3 Å². The van der Waals surface area contributed by atoms with Crippen molar-refractivity contribution in [3.05, 3.63) is 175 Å². The largest absolute Gasteiger partial charge is 0.510 e. The molecule has 3 aliphatic rings. The maximum absolute atomic E-state index is 6.76. The van der Waals surface area contributed by atoms with Crippen LogP contribution in [0.4, 0.5) is 22.9 Å². The number of pyridine rings is 1. The fourth-order valence-corrected chi connectivity index (χ4v) is 9.00. The molecule has 0 saturated carbocycles. The summed E-state index contributed by atoms with van der Waals surface area (Å²) >= 11 is 0. The Hall–Kier alpha value is -5.91. The third kappa shape index (κ3) is 5.28. The predicted octanol–water partition coefficient (Wildman–Crippen LogP) is 10.1. The number of benzene rings is 6. The summed E-state index contributed by atoms with van der Waals surface area (Å²) in [6, 6.07) is 54.5. The van der Waals surface area contributed by atoms with Gasteiger partial charge in [-0.2, -0.15) is 6.07 Å². The molecule has 0 unspecified atom stereocenters. The Morgan fingerprint density at radius 3 is 2.21 bits per heavy atom. The van der Waals surface area contributed by atoms with Gasteiger partial charge in [0.15, 0.2) is 0 Å². The van der Waals surface area contributed by atoms with Crippen molar-refractivity contribution in [2.75, 3.05) is 9.62 Å². The molecule has 8 aromatic rings. The van der Waals surface area contributed by atoms with E-state index >= 15 is 0 Å². The molecule has 3 aliphatic heterocycles. The van der Waals surface area contributed by atoms with Crippen LogP contribution in [0, 0.1) is 18.5 Å². The number of hydrogen-bond acceptors (Lipinski definition) is 4. The summed E-state index contributed by atoms with van der Waals surface area (Å²) < 4.78 is 11.1. The topological polar surface area (TPSA) is 37.4 Å². The number of fused-ring (bicyclic) bond motifs is 10. The SMILES string of the molecule is CC(C)(C)c1ccnc(N2B3c4ccccc4-c4ccccc4N3c3ccc(Oc4[c-]c5c(cc4)C(C)(C)c4cccc6c4n-5[c-][n+]6-c4ccccc4)[c-]c32)c1.[Pt]. The van der Waals surface area contributed by atoms with Crippen molar-refractivity contribution in [1.29, 1.82) is 0 Å². The zero-order valence-electron chi connectivity index (χ0n) is 32.3. The number of ether oxygens (including phenoxy) is 1. The van der Waals surface area contributed by atoms with Gasteiger partial charge in [0.1, 0.15) is 5.82 Å². The predicted molar refractivity (Wildman–Crippen MR) is 224 cm³/mol. The number of nitrogens with zero attached hydrogens (tertiary/aromatic N) is 5. The van der Waals surface area contributed by atoms with Crippen LogP contribution in [-0.2, 0) is 31.9 Å². The van der Waals surface area contributed by atoms with Gasteiger partial charge in [0, 0.05) is 50.0 Å². The van der Waals surface area contributed by atoms with Crippen LogP contribution >= 0.6 is 0 Å². The summed E-state index contributed by atoms with van der Waals surface area (Å²) in [5.41, 5.74) is 14.3. The molecule has 0 bridgehead atoms. The monoisotopic (exact) mass is 918 g/mol. The Balaban J connectivity index is 0.00000396. The van der Waals surface area contributed by atoms with Gasteiger partial charge < -0.3 is 18.9 Å². The van der Waals surface area contributed by atoms with Gasteiger partial charge >= 0.3 is 6.98 Å². The van der Waals surface area contributed by atoms with E-state index in [1.54, 1.807) is 0 Å². The van der Waals surface area contributed by atoms with Crippen molar-refractivity contribution < 1.29 is 30.4 Å². The normalized spacial score (nSPS) is 14.3. The summed E-state index contributed by atoms with van der Waals surface area (Å²) in [6.07, 6.45) is 5.60. The number of imidazole rings is 1. The van der Waals surface area contributed by atoms with Crippen LogP contribution in [-0.4, -0.2) is 16.5 Å². The van der Waals surface area contributed by atoms with Crippen LogP contribution in [0.1, 0.15) is 51.3 Å². The third-order valence-corrected chi connectivity index (χ3v) is 11.8. The first kappa shape index (κ1) is 35.5. The van der Waals surface area contributed by atoms with Crippen LogP contribution in [0.2, 0.25) is 0 Å². The Kier molecular flexibility index (Phi) is 7.98. The van der Waals surface area contributed by atoms with Crippen LogP contribution in [0.3, 0.4) is 0 Å². The van der Waals surface area contributed by atoms with Crippen molar-refractivity contribution >= 4 is 46.4 Å². The number of rotatable bonds is 4. The zero-order valence-corrected chi connectivity index (χ0v) is 34.6. The van der Waals surface area contributed by atoms with Gasteiger partial charge in [-0.1, -0.05) is 125 Å².